The maximum atomic E-state index is 13.0. The summed E-state index contributed by atoms with van der Waals surface area (Å²) in [5, 5.41) is 5.44. The fraction of sp³-hybridized carbons (Fsp3) is 0.409. The van der Waals surface area contributed by atoms with Crippen LogP contribution < -0.4 is 15.4 Å². The lowest BCUT2D eigenvalue weighted by Crippen LogP contribution is -2.50. The number of carbonyl (C=O) groups excluding carboxylic acids is 2. The van der Waals surface area contributed by atoms with Crippen molar-refractivity contribution in [3.63, 3.8) is 0 Å². The number of ether oxygens (including phenoxy) is 1. The van der Waals surface area contributed by atoms with Crippen LogP contribution in [0, 0.1) is 5.92 Å². The van der Waals surface area contributed by atoms with Crippen molar-refractivity contribution in [2.24, 2.45) is 5.92 Å². The molecular formula is C22H28N4O5S. The molecule has 0 spiro atoms. The molecule has 1 aromatic heterocycles. The van der Waals surface area contributed by atoms with E-state index in [1.807, 2.05) is 6.07 Å². The summed E-state index contributed by atoms with van der Waals surface area (Å²) < 4.78 is 32.4. The highest BCUT2D eigenvalue weighted by Crippen LogP contribution is 2.25. The Labute approximate surface area is 188 Å². The first-order chi connectivity index (χ1) is 15.3. The first-order valence-electron chi connectivity index (χ1n) is 10.4. The first-order valence-corrected chi connectivity index (χ1v) is 11.9. The fourth-order valence-corrected chi connectivity index (χ4v) is 5.03. The number of methoxy groups -OCH3 is 1. The smallest absolute Gasteiger partial charge is 0.243 e. The Morgan fingerprint density at radius 3 is 2.62 bits per heavy atom. The molecule has 1 fully saturated rings. The third kappa shape index (κ3) is 5.83. The number of hydrogen-bond acceptors (Lipinski definition) is 6. The van der Waals surface area contributed by atoms with Crippen molar-refractivity contribution < 1.29 is 22.7 Å². The van der Waals surface area contributed by atoms with Crippen LogP contribution in [0.3, 0.4) is 0 Å². The lowest BCUT2D eigenvalue weighted by molar-refractivity contribution is -0.131. The molecule has 0 aliphatic carbocycles. The molecule has 1 saturated heterocycles. The van der Waals surface area contributed by atoms with Gasteiger partial charge in [0, 0.05) is 19.3 Å². The number of nitrogens with zero attached hydrogens (tertiary/aromatic N) is 2. The maximum Gasteiger partial charge on any atom is 0.243 e. The fourth-order valence-electron chi connectivity index (χ4n) is 3.50. The predicted octanol–water partition coefficient (Wildman–Crippen LogP) is 1.31. The van der Waals surface area contributed by atoms with Crippen LogP contribution in [0.2, 0.25) is 0 Å². The van der Waals surface area contributed by atoms with Crippen LogP contribution in [0.5, 0.6) is 5.75 Å². The Morgan fingerprint density at radius 1 is 1.22 bits per heavy atom. The largest absolute Gasteiger partial charge is 0.497 e. The number of piperidine rings is 1. The van der Waals surface area contributed by atoms with E-state index in [9.17, 15) is 18.0 Å². The molecule has 1 aliphatic heterocycles. The normalized spacial score (nSPS) is 17.9. The minimum atomic E-state index is -3.73. The van der Waals surface area contributed by atoms with Gasteiger partial charge >= 0.3 is 0 Å². The Kier molecular flexibility index (Phi) is 7.81. The van der Waals surface area contributed by atoms with Gasteiger partial charge < -0.3 is 15.4 Å². The van der Waals surface area contributed by atoms with Crippen LogP contribution in [0.25, 0.3) is 0 Å². The summed E-state index contributed by atoms with van der Waals surface area (Å²) in [6.45, 7) is 2.28. The summed E-state index contributed by atoms with van der Waals surface area (Å²) in [6, 6.07) is 10.8. The summed E-state index contributed by atoms with van der Waals surface area (Å²) in [7, 11) is -2.21. The van der Waals surface area contributed by atoms with Gasteiger partial charge in [0.25, 0.3) is 0 Å². The number of sulfonamides is 1. The van der Waals surface area contributed by atoms with Gasteiger partial charge in [-0.3, -0.25) is 14.6 Å². The third-order valence-corrected chi connectivity index (χ3v) is 7.25. The molecule has 32 heavy (non-hydrogen) atoms. The Balaban J connectivity index is 1.56. The molecule has 10 heteroatoms. The SMILES string of the molecule is COc1ccc(S(=O)(=O)N2CCCC(C(=O)N[C@@H](C)C(=O)NCc3ccccn3)C2)cc1. The standard InChI is InChI=1S/C22H28N4O5S/c1-16(21(27)24-14-18-7-3-4-12-23-18)25-22(28)17-6-5-13-26(15-17)32(29,30)20-10-8-19(31-2)9-11-20/h3-4,7-12,16-17H,5-6,13-15H2,1-2H3,(H,24,27)(H,25,28)/t16-,17?/m0/s1. The van der Waals surface area contributed by atoms with E-state index in [0.717, 1.165) is 0 Å². The van der Waals surface area contributed by atoms with Gasteiger partial charge in [-0.2, -0.15) is 4.31 Å². The van der Waals surface area contributed by atoms with Crippen LogP contribution >= 0.6 is 0 Å². The zero-order chi connectivity index (χ0) is 23.1. The molecule has 0 bridgehead atoms. The van der Waals surface area contributed by atoms with Crippen molar-refractivity contribution in [2.45, 2.75) is 37.2 Å². The molecule has 2 aromatic rings. The summed E-state index contributed by atoms with van der Waals surface area (Å²) in [5.74, 6) is -0.624. The molecule has 1 aliphatic rings. The first kappa shape index (κ1) is 23.7. The predicted molar refractivity (Wildman–Crippen MR) is 118 cm³/mol. The van der Waals surface area contributed by atoms with Gasteiger partial charge in [-0.25, -0.2) is 8.42 Å². The number of benzene rings is 1. The van der Waals surface area contributed by atoms with Gasteiger partial charge in [-0.05, 0) is 56.2 Å². The molecule has 2 heterocycles. The highest BCUT2D eigenvalue weighted by Gasteiger charge is 2.34. The van der Waals surface area contributed by atoms with E-state index in [0.29, 0.717) is 30.8 Å². The van der Waals surface area contributed by atoms with Gasteiger partial charge in [-0.15, -0.1) is 0 Å². The second kappa shape index (κ2) is 10.6. The molecule has 2 amide bonds. The molecule has 1 aromatic carbocycles. The minimum absolute atomic E-state index is 0.0719. The quantitative estimate of drug-likeness (QED) is 0.613. The lowest BCUT2D eigenvalue weighted by Gasteiger charge is -2.31. The zero-order valence-corrected chi connectivity index (χ0v) is 19.0. The van der Waals surface area contributed by atoms with Gasteiger partial charge in [0.1, 0.15) is 11.8 Å². The molecule has 1 unspecified atom stereocenters. The number of amides is 2. The monoisotopic (exact) mass is 460 g/mol. The molecule has 2 N–H and O–H groups in total. The van der Waals surface area contributed by atoms with E-state index in [1.165, 1.54) is 23.5 Å². The van der Waals surface area contributed by atoms with Gasteiger partial charge in [-0.1, -0.05) is 6.07 Å². The summed E-state index contributed by atoms with van der Waals surface area (Å²) in [5.41, 5.74) is 0.714. The van der Waals surface area contributed by atoms with Crippen molar-refractivity contribution >= 4 is 21.8 Å². The van der Waals surface area contributed by atoms with Crippen molar-refractivity contribution in [2.75, 3.05) is 20.2 Å². The number of hydrogen-bond donors (Lipinski definition) is 2. The number of nitrogens with one attached hydrogen (secondary N) is 2. The van der Waals surface area contributed by atoms with E-state index in [4.69, 9.17) is 4.74 Å². The van der Waals surface area contributed by atoms with E-state index < -0.39 is 22.0 Å². The van der Waals surface area contributed by atoms with Crippen LogP contribution in [0.1, 0.15) is 25.5 Å². The maximum absolute atomic E-state index is 13.0. The zero-order valence-electron chi connectivity index (χ0n) is 18.2. The second-order valence-electron chi connectivity index (χ2n) is 7.65. The summed E-state index contributed by atoms with van der Waals surface area (Å²) >= 11 is 0. The van der Waals surface area contributed by atoms with Crippen molar-refractivity contribution in [3.05, 3.63) is 54.4 Å². The Bertz CT molecular complexity index is 1030. The number of carbonyl (C=O) groups is 2. The van der Waals surface area contributed by atoms with Gasteiger partial charge in [0.05, 0.1) is 30.2 Å². The number of rotatable bonds is 8. The molecule has 0 saturated carbocycles. The van der Waals surface area contributed by atoms with E-state index in [-0.39, 0.29) is 29.8 Å². The van der Waals surface area contributed by atoms with Gasteiger partial charge in [0.15, 0.2) is 0 Å². The highest BCUT2D eigenvalue weighted by molar-refractivity contribution is 7.89. The van der Waals surface area contributed by atoms with E-state index in [2.05, 4.69) is 15.6 Å². The topological polar surface area (TPSA) is 118 Å². The average Bonchev–Trinajstić information content (AvgIpc) is 2.83. The van der Waals surface area contributed by atoms with Gasteiger partial charge in [0.2, 0.25) is 21.8 Å². The minimum Gasteiger partial charge on any atom is -0.497 e. The molecular weight excluding hydrogens is 432 g/mol. The third-order valence-electron chi connectivity index (χ3n) is 5.37. The molecule has 3 rings (SSSR count). The summed E-state index contributed by atoms with van der Waals surface area (Å²) in [6.07, 6.45) is 2.76. The average molecular weight is 461 g/mol. The van der Waals surface area contributed by atoms with E-state index in [1.54, 1.807) is 37.4 Å². The molecule has 9 nitrogen and oxygen atoms in total. The summed E-state index contributed by atoms with van der Waals surface area (Å²) in [4.78, 5) is 29.4. The molecule has 0 radical (unpaired) electrons. The number of pyridine rings is 1. The highest BCUT2D eigenvalue weighted by atomic mass is 32.2. The van der Waals surface area contributed by atoms with Crippen LogP contribution in [0.15, 0.2) is 53.6 Å². The Morgan fingerprint density at radius 2 is 1.97 bits per heavy atom. The van der Waals surface area contributed by atoms with Crippen LogP contribution in [0.4, 0.5) is 0 Å². The molecule has 172 valence electrons. The molecule has 2 atom stereocenters. The van der Waals surface area contributed by atoms with Crippen LogP contribution in [-0.2, 0) is 26.2 Å². The lowest BCUT2D eigenvalue weighted by atomic mass is 9.98. The van der Waals surface area contributed by atoms with Crippen molar-refractivity contribution in [1.82, 2.24) is 19.9 Å². The Hall–Kier alpha value is -2.98. The van der Waals surface area contributed by atoms with Crippen LogP contribution in [-0.4, -0.2) is 55.8 Å². The van der Waals surface area contributed by atoms with E-state index >= 15 is 0 Å². The second-order valence-corrected chi connectivity index (χ2v) is 9.58. The van der Waals surface area contributed by atoms with Crippen molar-refractivity contribution in [3.8, 4) is 5.75 Å². The van der Waals surface area contributed by atoms with Crippen molar-refractivity contribution in [1.29, 1.82) is 0 Å². The number of aromatic nitrogens is 1.